The van der Waals surface area contributed by atoms with Crippen LogP contribution in [0.15, 0.2) is 0 Å². The third kappa shape index (κ3) is 3.71. The van der Waals surface area contributed by atoms with Gasteiger partial charge >= 0.3 is 0 Å². The molecule has 0 aliphatic heterocycles. The molecular formula is C12H24N4OS. The topological polar surface area (TPSA) is 73.1 Å². The van der Waals surface area contributed by atoms with Crippen LogP contribution in [0.25, 0.3) is 0 Å². The highest BCUT2D eigenvalue weighted by Crippen LogP contribution is 2.34. The van der Waals surface area contributed by atoms with Gasteiger partial charge in [-0.3, -0.25) is 11.3 Å². The lowest BCUT2D eigenvalue weighted by molar-refractivity contribution is 0.170. The maximum atomic E-state index is 5.71. The zero-order valence-electron chi connectivity index (χ0n) is 11.9. The molecule has 1 aromatic rings. The summed E-state index contributed by atoms with van der Waals surface area (Å²) in [5.41, 5.74) is 3.91. The van der Waals surface area contributed by atoms with Crippen molar-refractivity contribution in [1.82, 2.24) is 15.0 Å². The summed E-state index contributed by atoms with van der Waals surface area (Å²) in [7, 11) is 1.71. The number of nitrogens with zero attached hydrogens (tertiary/aromatic N) is 2. The molecule has 0 saturated carbocycles. The standard InChI is InChI=1S/C12H24N4OS/c1-8(6-7-17-5)9(14-13)10-11(12(2,3)4)15-16-18-10/h8-9,14H,6-7,13H2,1-5H3. The molecule has 3 N–H and O–H groups in total. The third-order valence-corrected chi connectivity index (χ3v) is 3.84. The van der Waals surface area contributed by atoms with Gasteiger partial charge in [-0.15, -0.1) is 5.10 Å². The highest BCUT2D eigenvalue weighted by atomic mass is 32.1. The molecule has 5 nitrogen and oxygen atoms in total. The van der Waals surface area contributed by atoms with Crippen molar-refractivity contribution >= 4 is 11.5 Å². The molecule has 0 aliphatic carbocycles. The van der Waals surface area contributed by atoms with Gasteiger partial charge in [0.1, 0.15) is 0 Å². The number of ether oxygens (including phenoxy) is 1. The molecule has 0 fully saturated rings. The molecule has 104 valence electrons. The fourth-order valence-corrected chi connectivity index (χ4v) is 2.95. The van der Waals surface area contributed by atoms with E-state index in [2.05, 4.69) is 42.7 Å². The van der Waals surface area contributed by atoms with E-state index in [4.69, 9.17) is 10.6 Å². The molecule has 0 radical (unpaired) electrons. The number of nitrogens with two attached hydrogens (primary N) is 1. The van der Waals surface area contributed by atoms with E-state index in [0.717, 1.165) is 23.6 Å². The maximum absolute atomic E-state index is 5.71. The van der Waals surface area contributed by atoms with Gasteiger partial charge in [-0.25, -0.2) is 0 Å². The number of rotatable bonds is 6. The molecule has 1 rings (SSSR count). The number of methoxy groups -OCH3 is 1. The summed E-state index contributed by atoms with van der Waals surface area (Å²) < 4.78 is 9.21. The lowest BCUT2D eigenvalue weighted by Crippen LogP contribution is -2.34. The number of hydrogen-bond donors (Lipinski definition) is 2. The fourth-order valence-electron chi connectivity index (χ4n) is 1.89. The quantitative estimate of drug-likeness (QED) is 0.612. The molecule has 2 unspecified atom stereocenters. The second kappa shape index (κ2) is 6.56. The van der Waals surface area contributed by atoms with Crippen LogP contribution in [-0.4, -0.2) is 23.3 Å². The lowest BCUT2D eigenvalue weighted by Gasteiger charge is -2.25. The molecule has 0 aromatic carbocycles. The van der Waals surface area contributed by atoms with E-state index in [-0.39, 0.29) is 11.5 Å². The van der Waals surface area contributed by atoms with Gasteiger partial charge in [-0.1, -0.05) is 32.2 Å². The van der Waals surface area contributed by atoms with Crippen LogP contribution in [0.2, 0.25) is 0 Å². The minimum atomic E-state index is -0.0155. The number of hydrazine groups is 1. The maximum Gasteiger partial charge on any atom is 0.0857 e. The van der Waals surface area contributed by atoms with Crippen molar-refractivity contribution < 1.29 is 4.74 Å². The summed E-state index contributed by atoms with van der Waals surface area (Å²) in [6.07, 6.45) is 0.951. The first kappa shape index (κ1) is 15.5. The Morgan fingerprint density at radius 2 is 2.11 bits per heavy atom. The molecule has 1 aromatic heterocycles. The molecule has 0 bridgehead atoms. The van der Waals surface area contributed by atoms with E-state index >= 15 is 0 Å². The largest absolute Gasteiger partial charge is 0.385 e. The van der Waals surface area contributed by atoms with Crippen LogP contribution >= 0.6 is 11.5 Å². The van der Waals surface area contributed by atoms with Crippen LogP contribution in [0.3, 0.4) is 0 Å². The summed E-state index contributed by atoms with van der Waals surface area (Å²) in [4.78, 5) is 1.13. The van der Waals surface area contributed by atoms with Crippen LogP contribution in [0, 0.1) is 5.92 Å². The minimum Gasteiger partial charge on any atom is -0.385 e. The fraction of sp³-hybridized carbons (Fsp3) is 0.833. The Kier molecular flexibility index (Phi) is 5.65. The highest BCUT2D eigenvalue weighted by molar-refractivity contribution is 7.05. The molecule has 0 aliphatic rings. The van der Waals surface area contributed by atoms with E-state index in [1.807, 2.05) is 0 Å². The van der Waals surface area contributed by atoms with E-state index in [1.165, 1.54) is 11.5 Å². The Bertz CT molecular complexity index is 361. The molecule has 0 saturated heterocycles. The molecule has 0 amide bonds. The second-order valence-corrected chi connectivity index (χ2v) is 6.42. The van der Waals surface area contributed by atoms with Crippen molar-refractivity contribution in [3.63, 3.8) is 0 Å². The summed E-state index contributed by atoms with van der Waals surface area (Å²) >= 11 is 1.43. The van der Waals surface area contributed by atoms with E-state index < -0.39 is 0 Å². The van der Waals surface area contributed by atoms with E-state index in [1.54, 1.807) is 7.11 Å². The summed E-state index contributed by atoms with van der Waals surface area (Å²) in [5, 5.41) is 4.26. The Balaban J connectivity index is 2.92. The van der Waals surface area contributed by atoms with Crippen LogP contribution in [0.1, 0.15) is 50.7 Å². The number of hydrogen-bond acceptors (Lipinski definition) is 6. The first-order valence-corrected chi connectivity index (χ1v) is 6.97. The first-order chi connectivity index (χ1) is 8.41. The van der Waals surface area contributed by atoms with Crippen molar-refractivity contribution in [2.75, 3.05) is 13.7 Å². The smallest absolute Gasteiger partial charge is 0.0857 e. The first-order valence-electron chi connectivity index (χ1n) is 6.19. The van der Waals surface area contributed by atoms with Crippen molar-refractivity contribution in [2.24, 2.45) is 11.8 Å². The highest BCUT2D eigenvalue weighted by Gasteiger charge is 2.29. The lowest BCUT2D eigenvalue weighted by atomic mass is 9.87. The monoisotopic (exact) mass is 272 g/mol. The SMILES string of the molecule is COCCC(C)C(NN)c1snnc1C(C)(C)C. The predicted octanol–water partition coefficient (Wildman–Crippen LogP) is 2.01. The van der Waals surface area contributed by atoms with E-state index in [9.17, 15) is 0 Å². The van der Waals surface area contributed by atoms with Crippen molar-refractivity contribution in [2.45, 2.75) is 45.6 Å². The minimum absolute atomic E-state index is 0.0155. The Morgan fingerprint density at radius 3 is 2.61 bits per heavy atom. The summed E-state index contributed by atoms with van der Waals surface area (Å²) in [5.74, 6) is 6.08. The van der Waals surface area contributed by atoms with Gasteiger partial charge in [0.15, 0.2) is 0 Å². The molecular weight excluding hydrogens is 248 g/mol. The molecule has 2 atom stereocenters. The van der Waals surface area contributed by atoms with Crippen LogP contribution in [0.5, 0.6) is 0 Å². The molecule has 0 spiro atoms. The van der Waals surface area contributed by atoms with Gasteiger partial charge < -0.3 is 4.74 Å². The van der Waals surface area contributed by atoms with Crippen LogP contribution in [0.4, 0.5) is 0 Å². The average Bonchev–Trinajstić information content (AvgIpc) is 2.76. The average molecular weight is 272 g/mol. The van der Waals surface area contributed by atoms with Crippen molar-refractivity contribution in [3.05, 3.63) is 10.6 Å². The molecule has 6 heteroatoms. The van der Waals surface area contributed by atoms with Gasteiger partial charge in [0, 0.05) is 19.1 Å². The number of aromatic nitrogens is 2. The Hall–Kier alpha value is -0.560. The second-order valence-electron chi connectivity index (χ2n) is 5.64. The molecule has 1 heterocycles. The summed E-state index contributed by atoms with van der Waals surface area (Å²) in [6.45, 7) is 9.31. The Morgan fingerprint density at radius 1 is 1.44 bits per heavy atom. The normalized spacial score (nSPS) is 15.7. The van der Waals surface area contributed by atoms with Gasteiger partial charge in [0.05, 0.1) is 16.6 Å². The summed E-state index contributed by atoms with van der Waals surface area (Å²) in [6, 6.07) is 0.0781. The zero-order chi connectivity index (χ0) is 13.8. The van der Waals surface area contributed by atoms with Gasteiger partial charge in [0.25, 0.3) is 0 Å². The zero-order valence-corrected chi connectivity index (χ0v) is 12.7. The van der Waals surface area contributed by atoms with Gasteiger partial charge in [-0.05, 0) is 23.9 Å². The van der Waals surface area contributed by atoms with Gasteiger partial charge in [-0.2, -0.15) is 0 Å². The number of nitrogens with one attached hydrogen (secondary N) is 1. The van der Waals surface area contributed by atoms with Crippen LogP contribution < -0.4 is 11.3 Å². The Labute approximate surface area is 113 Å². The molecule has 18 heavy (non-hydrogen) atoms. The van der Waals surface area contributed by atoms with E-state index in [0.29, 0.717) is 5.92 Å². The van der Waals surface area contributed by atoms with Crippen LogP contribution in [-0.2, 0) is 10.2 Å². The van der Waals surface area contributed by atoms with Crippen molar-refractivity contribution in [1.29, 1.82) is 0 Å². The van der Waals surface area contributed by atoms with Crippen molar-refractivity contribution in [3.8, 4) is 0 Å². The third-order valence-electron chi connectivity index (χ3n) is 3.03. The van der Waals surface area contributed by atoms with Gasteiger partial charge in [0.2, 0.25) is 0 Å². The predicted molar refractivity (Wildman–Crippen MR) is 74.3 cm³/mol.